The van der Waals surface area contributed by atoms with Crippen molar-refractivity contribution < 1.29 is 13.6 Å². The van der Waals surface area contributed by atoms with Gasteiger partial charge in [0.25, 0.3) is 0 Å². The van der Waals surface area contributed by atoms with Gasteiger partial charge in [-0.05, 0) is 73.2 Å². The highest BCUT2D eigenvalue weighted by molar-refractivity contribution is 7.15. The van der Waals surface area contributed by atoms with Crippen LogP contribution in [0.2, 0.25) is 0 Å². The highest BCUT2D eigenvalue weighted by Crippen LogP contribution is 2.44. The summed E-state index contributed by atoms with van der Waals surface area (Å²) >= 11 is 1.81. The zero-order valence-corrected chi connectivity index (χ0v) is 21.6. The number of aryl methyl sites for hydroxylation is 1. The normalized spacial score (nSPS) is 16.4. The van der Waals surface area contributed by atoms with Crippen LogP contribution in [-0.4, -0.2) is 29.6 Å². The average Bonchev–Trinajstić information content (AvgIpc) is 3.48. The van der Waals surface area contributed by atoms with E-state index in [1.807, 2.05) is 66.7 Å². The van der Waals surface area contributed by atoms with Crippen LogP contribution in [0, 0.1) is 11.6 Å². The van der Waals surface area contributed by atoms with E-state index in [0.717, 1.165) is 65.0 Å². The molecule has 4 aromatic rings. The van der Waals surface area contributed by atoms with Gasteiger partial charge in [-0.25, -0.2) is 13.6 Å². The van der Waals surface area contributed by atoms with Crippen LogP contribution >= 0.6 is 11.3 Å². The molecule has 0 saturated heterocycles. The zero-order chi connectivity index (χ0) is 25.7. The van der Waals surface area contributed by atoms with Gasteiger partial charge < -0.3 is 19.7 Å². The van der Waals surface area contributed by atoms with E-state index in [2.05, 4.69) is 16.1 Å². The van der Waals surface area contributed by atoms with Gasteiger partial charge in [-0.1, -0.05) is 12.1 Å². The first-order valence-corrected chi connectivity index (χ1v) is 13.3. The fraction of sp³-hybridized carbons (Fsp3) is 0.276. The van der Waals surface area contributed by atoms with E-state index in [-0.39, 0.29) is 5.69 Å². The van der Waals surface area contributed by atoms with Crippen LogP contribution in [0.5, 0.6) is 0 Å². The molecule has 0 radical (unpaired) electrons. The number of amides is 2. The summed E-state index contributed by atoms with van der Waals surface area (Å²) in [6.45, 7) is 0.381. The lowest BCUT2D eigenvalue weighted by atomic mass is 9.95. The molecule has 1 atom stereocenters. The molecule has 0 bridgehead atoms. The molecular weight excluding hydrogens is 490 g/mol. The molecule has 2 aromatic heterocycles. The second kappa shape index (κ2) is 9.34. The summed E-state index contributed by atoms with van der Waals surface area (Å²) in [4.78, 5) is 19.1. The number of aromatic nitrogens is 1. The van der Waals surface area contributed by atoms with E-state index in [4.69, 9.17) is 0 Å². The molecule has 5 nitrogen and oxygen atoms in total. The van der Waals surface area contributed by atoms with Gasteiger partial charge in [0.15, 0.2) is 0 Å². The second-order valence-electron chi connectivity index (χ2n) is 9.87. The smallest absolute Gasteiger partial charge is 0.323 e. The van der Waals surface area contributed by atoms with Gasteiger partial charge in [-0.15, -0.1) is 11.3 Å². The van der Waals surface area contributed by atoms with E-state index >= 15 is 0 Å². The molecule has 37 heavy (non-hydrogen) atoms. The zero-order valence-electron chi connectivity index (χ0n) is 20.8. The fourth-order valence-corrected chi connectivity index (χ4v) is 6.88. The molecule has 1 aliphatic carbocycles. The lowest BCUT2D eigenvalue weighted by Crippen LogP contribution is -2.38. The number of rotatable bonds is 3. The van der Waals surface area contributed by atoms with Crippen molar-refractivity contribution in [3.63, 3.8) is 0 Å². The molecule has 2 amide bonds. The molecule has 0 fully saturated rings. The molecule has 190 valence electrons. The largest absolute Gasteiger partial charge is 0.378 e. The maximum Gasteiger partial charge on any atom is 0.323 e. The summed E-state index contributed by atoms with van der Waals surface area (Å²) < 4.78 is 30.6. The number of nitrogens with zero attached hydrogens (tertiary/aromatic N) is 3. The number of nitrogens with one attached hydrogen (secondary N) is 1. The number of carbonyl (C=O) groups is 1. The highest BCUT2D eigenvalue weighted by Gasteiger charge is 2.36. The Kier molecular flexibility index (Phi) is 5.99. The van der Waals surface area contributed by atoms with E-state index in [1.165, 1.54) is 16.9 Å². The molecule has 0 unspecified atom stereocenters. The van der Waals surface area contributed by atoms with Gasteiger partial charge in [-0.2, -0.15) is 0 Å². The Morgan fingerprint density at radius 2 is 1.81 bits per heavy atom. The maximum atomic E-state index is 14.5. The van der Waals surface area contributed by atoms with Crippen LogP contribution in [0.1, 0.15) is 46.1 Å². The predicted molar refractivity (Wildman–Crippen MR) is 144 cm³/mol. The summed E-state index contributed by atoms with van der Waals surface area (Å²) in [5, 5.41) is 3.81. The van der Waals surface area contributed by atoms with Gasteiger partial charge in [-0.3, -0.25) is 0 Å². The minimum absolute atomic E-state index is 0.168. The van der Waals surface area contributed by atoms with E-state index in [9.17, 15) is 13.6 Å². The van der Waals surface area contributed by atoms with Crippen molar-refractivity contribution in [2.24, 2.45) is 0 Å². The van der Waals surface area contributed by atoms with Crippen LogP contribution < -0.4 is 10.2 Å². The van der Waals surface area contributed by atoms with Gasteiger partial charge in [0.05, 0.1) is 24.0 Å². The van der Waals surface area contributed by atoms with Crippen LogP contribution in [-0.2, 0) is 19.4 Å². The highest BCUT2D eigenvalue weighted by atomic mass is 32.1. The fourth-order valence-electron chi connectivity index (χ4n) is 5.47. The summed E-state index contributed by atoms with van der Waals surface area (Å²) in [5.74, 6) is -1.28. The Labute approximate surface area is 218 Å². The molecule has 0 spiro atoms. The van der Waals surface area contributed by atoms with E-state index < -0.39 is 23.7 Å². The topological polar surface area (TPSA) is 40.5 Å². The van der Waals surface area contributed by atoms with Gasteiger partial charge in [0.1, 0.15) is 16.6 Å². The molecule has 0 saturated carbocycles. The molecular formula is C29H28F2N4OS. The average molecular weight is 519 g/mol. The quantitative estimate of drug-likeness (QED) is 0.321. The van der Waals surface area contributed by atoms with Gasteiger partial charge >= 0.3 is 6.03 Å². The second-order valence-corrected chi connectivity index (χ2v) is 11.0. The van der Waals surface area contributed by atoms with Crippen molar-refractivity contribution in [3.8, 4) is 5.00 Å². The first-order chi connectivity index (χ1) is 17.9. The number of fused-ring (bicyclic) bond motifs is 5. The summed E-state index contributed by atoms with van der Waals surface area (Å²) in [5.41, 5.74) is 5.29. The Morgan fingerprint density at radius 1 is 1.03 bits per heavy atom. The third-order valence-corrected chi connectivity index (χ3v) is 8.67. The lowest BCUT2D eigenvalue weighted by molar-refractivity contribution is 0.194. The summed E-state index contributed by atoms with van der Waals surface area (Å²) in [6.07, 6.45) is 6.41. The summed E-state index contributed by atoms with van der Waals surface area (Å²) in [7, 11) is 3.97. The number of anilines is 2. The van der Waals surface area contributed by atoms with E-state index in [1.54, 1.807) is 4.90 Å². The number of carbonyl (C=O) groups excluding carboxylic acids is 1. The Bertz CT molecular complexity index is 1470. The third kappa shape index (κ3) is 4.19. The number of benzene rings is 2. The van der Waals surface area contributed by atoms with Crippen molar-refractivity contribution in [1.29, 1.82) is 0 Å². The van der Waals surface area contributed by atoms with Crippen LogP contribution in [0.25, 0.3) is 5.00 Å². The van der Waals surface area contributed by atoms with Crippen molar-refractivity contribution in [2.75, 3.05) is 24.3 Å². The van der Waals surface area contributed by atoms with Crippen LogP contribution in [0.3, 0.4) is 0 Å². The third-order valence-electron chi connectivity index (χ3n) is 7.33. The van der Waals surface area contributed by atoms with E-state index in [0.29, 0.717) is 6.54 Å². The minimum atomic E-state index is -0.673. The molecule has 2 aromatic carbocycles. The van der Waals surface area contributed by atoms with Crippen molar-refractivity contribution in [1.82, 2.24) is 9.47 Å². The first kappa shape index (κ1) is 23.7. The Hall–Kier alpha value is -3.65. The monoisotopic (exact) mass is 518 g/mol. The van der Waals surface area contributed by atoms with Gasteiger partial charge in [0, 0.05) is 42.5 Å². The standard InChI is InChI=1S/C29H28F2N4OS/c1-33(2)20-12-9-18(10-13-20)27-25-7-5-15-34(25)28-22(21-6-3-4-8-26(21)37-28)17-35(27)29(36)32-24-16-19(30)11-14-23(24)31/h5,7,9-16,27H,3-4,6,8,17H2,1-2H3,(H,32,36)/t27-/m0/s1. The molecule has 1 aliphatic heterocycles. The van der Waals surface area contributed by atoms with Crippen LogP contribution in [0.4, 0.5) is 25.0 Å². The summed E-state index contributed by atoms with van der Waals surface area (Å²) in [6, 6.07) is 14.4. The van der Waals surface area contributed by atoms with Crippen molar-refractivity contribution in [2.45, 2.75) is 38.3 Å². The molecule has 8 heteroatoms. The van der Waals surface area contributed by atoms with Gasteiger partial charge in [0.2, 0.25) is 0 Å². The Balaban J connectivity index is 1.49. The molecule has 3 heterocycles. The predicted octanol–water partition coefficient (Wildman–Crippen LogP) is 6.90. The number of thiophene rings is 1. The van der Waals surface area contributed by atoms with Crippen molar-refractivity contribution >= 4 is 28.7 Å². The van der Waals surface area contributed by atoms with Crippen LogP contribution in [0.15, 0.2) is 60.8 Å². The number of halogens is 2. The SMILES string of the molecule is CN(C)c1ccc([C@H]2c3cccn3-c3sc4c(c3CN2C(=O)Nc2cc(F)ccc2F)CCCC4)cc1. The number of hydrogen-bond donors (Lipinski definition) is 1. The van der Waals surface area contributed by atoms with Crippen molar-refractivity contribution in [3.05, 3.63) is 99.7 Å². The molecule has 2 aliphatic rings. The maximum absolute atomic E-state index is 14.5. The minimum Gasteiger partial charge on any atom is -0.378 e. The molecule has 1 N–H and O–H groups in total. The Morgan fingerprint density at radius 3 is 2.59 bits per heavy atom. The molecule has 6 rings (SSSR count). The lowest BCUT2D eigenvalue weighted by Gasteiger charge is -2.31. The first-order valence-electron chi connectivity index (χ1n) is 12.5. The number of urea groups is 1. The number of hydrogen-bond acceptors (Lipinski definition) is 3.